The smallest absolute Gasteiger partial charge is 0.189 e. The summed E-state index contributed by atoms with van der Waals surface area (Å²) in [6.07, 6.45) is 0. The van der Waals surface area contributed by atoms with Gasteiger partial charge in [0, 0.05) is 0 Å². The van der Waals surface area contributed by atoms with E-state index in [4.69, 9.17) is 17.0 Å². The predicted molar refractivity (Wildman–Crippen MR) is 116 cm³/mol. The van der Waals surface area contributed by atoms with Crippen LogP contribution in [0.5, 0.6) is 5.75 Å². The molecule has 136 valence electrons. The molecule has 0 atom stereocenters. The fourth-order valence-electron chi connectivity index (χ4n) is 2.60. The van der Waals surface area contributed by atoms with Crippen LogP contribution in [-0.2, 0) is 0 Å². The van der Waals surface area contributed by atoms with Crippen LogP contribution in [0, 0.1) is 0 Å². The van der Waals surface area contributed by atoms with Crippen LogP contribution in [0.1, 0.15) is 5.56 Å². The van der Waals surface area contributed by atoms with E-state index in [2.05, 4.69) is 47.0 Å². The SMILES string of the molecule is C=C(NNC(=S)Nc1ccccc1OC)c1ccc(-c2ccccc2)cc1. The summed E-state index contributed by atoms with van der Waals surface area (Å²) in [6.45, 7) is 4.05. The molecule has 0 aliphatic heterocycles. The van der Waals surface area contributed by atoms with Crippen LogP contribution in [-0.4, -0.2) is 12.2 Å². The maximum Gasteiger partial charge on any atom is 0.189 e. The molecule has 4 nitrogen and oxygen atoms in total. The number of hydrogen-bond acceptors (Lipinski definition) is 3. The summed E-state index contributed by atoms with van der Waals surface area (Å²) >= 11 is 5.32. The van der Waals surface area contributed by atoms with Gasteiger partial charge in [-0.25, -0.2) is 0 Å². The largest absolute Gasteiger partial charge is 0.495 e. The Morgan fingerprint density at radius 3 is 2.15 bits per heavy atom. The van der Waals surface area contributed by atoms with Gasteiger partial charge in [-0.1, -0.05) is 73.3 Å². The number of methoxy groups -OCH3 is 1. The maximum absolute atomic E-state index is 5.32. The Morgan fingerprint density at radius 2 is 1.44 bits per heavy atom. The Balaban J connectivity index is 1.56. The van der Waals surface area contributed by atoms with Crippen molar-refractivity contribution in [3.05, 3.63) is 91.0 Å². The Morgan fingerprint density at radius 1 is 0.815 bits per heavy atom. The lowest BCUT2D eigenvalue weighted by atomic mass is 10.0. The van der Waals surface area contributed by atoms with Crippen molar-refractivity contribution in [1.82, 2.24) is 10.9 Å². The highest BCUT2D eigenvalue weighted by Crippen LogP contribution is 2.23. The lowest BCUT2D eigenvalue weighted by Crippen LogP contribution is -2.38. The summed E-state index contributed by atoms with van der Waals surface area (Å²) in [5.41, 5.74) is 10.8. The van der Waals surface area contributed by atoms with Crippen LogP contribution >= 0.6 is 12.2 Å². The zero-order valence-electron chi connectivity index (χ0n) is 15.0. The molecule has 3 N–H and O–H groups in total. The van der Waals surface area contributed by atoms with E-state index in [1.807, 2.05) is 54.6 Å². The van der Waals surface area contributed by atoms with E-state index in [0.29, 0.717) is 5.11 Å². The molecule has 0 unspecified atom stereocenters. The highest BCUT2D eigenvalue weighted by Gasteiger charge is 2.05. The van der Waals surface area contributed by atoms with Crippen molar-refractivity contribution >= 4 is 28.7 Å². The third-order valence-electron chi connectivity index (χ3n) is 4.02. The van der Waals surface area contributed by atoms with Crippen molar-refractivity contribution in [2.45, 2.75) is 0 Å². The van der Waals surface area contributed by atoms with Crippen LogP contribution in [0.2, 0.25) is 0 Å². The molecule has 0 saturated carbocycles. The quantitative estimate of drug-likeness (QED) is 0.426. The number of anilines is 1. The Kier molecular flexibility index (Phi) is 6.07. The van der Waals surface area contributed by atoms with Crippen molar-refractivity contribution in [2.75, 3.05) is 12.4 Å². The first-order valence-corrected chi connectivity index (χ1v) is 8.89. The first-order chi connectivity index (χ1) is 13.2. The summed E-state index contributed by atoms with van der Waals surface area (Å²) < 4.78 is 5.30. The van der Waals surface area contributed by atoms with Gasteiger partial charge >= 0.3 is 0 Å². The maximum atomic E-state index is 5.32. The number of benzene rings is 3. The van der Waals surface area contributed by atoms with Gasteiger partial charge in [-0.15, -0.1) is 0 Å². The fourth-order valence-corrected chi connectivity index (χ4v) is 2.76. The lowest BCUT2D eigenvalue weighted by molar-refractivity contribution is 0.417. The number of nitrogens with one attached hydrogen (secondary N) is 3. The van der Waals surface area contributed by atoms with Crippen molar-refractivity contribution in [3.63, 3.8) is 0 Å². The van der Waals surface area contributed by atoms with Crippen molar-refractivity contribution < 1.29 is 4.74 Å². The first-order valence-electron chi connectivity index (χ1n) is 8.48. The third kappa shape index (κ3) is 4.86. The molecule has 0 spiro atoms. The molecule has 0 aliphatic rings. The van der Waals surface area contributed by atoms with Crippen molar-refractivity contribution in [2.24, 2.45) is 0 Å². The highest BCUT2D eigenvalue weighted by molar-refractivity contribution is 7.80. The fraction of sp³-hybridized carbons (Fsp3) is 0.0455. The van der Waals surface area contributed by atoms with E-state index < -0.39 is 0 Å². The summed E-state index contributed by atoms with van der Waals surface area (Å²) in [5.74, 6) is 0.719. The van der Waals surface area contributed by atoms with Crippen LogP contribution in [0.4, 0.5) is 5.69 Å². The average molecular weight is 375 g/mol. The summed E-state index contributed by atoms with van der Waals surface area (Å²) in [6, 6.07) is 26.0. The Bertz CT molecular complexity index is 924. The van der Waals surface area contributed by atoms with Gasteiger partial charge in [0.2, 0.25) is 0 Å². The molecule has 0 heterocycles. The molecule has 3 rings (SSSR count). The second-order valence-electron chi connectivity index (χ2n) is 5.83. The lowest BCUT2D eigenvalue weighted by Gasteiger charge is -2.16. The molecule has 0 aliphatic carbocycles. The van der Waals surface area contributed by atoms with Gasteiger partial charge in [-0.05, 0) is 41.0 Å². The normalized spacial score (nSPS) is 9.96. The average Bonchev–Trinajstić information content (AvgIpc) is 2.73. The van der Waals surface area contributed by atoms with Gasteiger partial charge in [-0.2, -0.15) is 0 Å². The number of hydrogen-bond donors (Lipinski definition) is 3. The topological polar surface area (TPSA) is 45.3 Å². The van der Waals surface area contributed by atoms with Gasteiger partial charge in [0.25, 0.3) is 0 Å². The molecule has 0 radical (unpaired) electrons. The molecule has 0 bridgehead atoms. The highest BCUT2D eigenvalue weighted by atomic mass is 32.1. The number of para-hydroxylation sites is 2. The van der Waals surface area contributed by atoms with Crippen molar-refractivity contribution in [3.8, 4) is 16.9 Å². The number of ether oxygens (including phenoxy) is 1. The third-order valence-corrected chi connectivity index (χ3v) is 4.23. The second-order valence-corrected chi connectivity index (χ2v) is 6.23. The number of rotatable bonds is 6. The van der Waals surface area contributed by atoms with E-state index in [-0.39, 0.29) is 0 Å². The molecule has 0 amide bonds. The summed E-state index contributed by atoms with van der Waals surface area (Å²) in [4.78, 5) is 0. The number of thiocarbonyl (C=S) groups is 1. The van der Waals surface area contributed by atoms with Crippen molar-refractivity contribution in [1.29, 1.82) is 0 Å². The van der Waals surface area contributed by atoms with E-state index in [1.54, 1.807) is 7.11 Å². The van der Waals surface area contributed by atoms with E-state index in [1.165, 1.54) is 5.56 Å². The minimum absolute atomic E-state index is 0.418. The standard InChI is InChI=1S/C22H21N3OS/c1-16(17-12-14-19(15-13-17)18-8-4-3-5-9-18)24-25-22(27)23-20-10-6-7-11-21(20)26-2/h3-15,24H,1H2,2H3,(H2,23,25,27). The molecule has 3 aromatic carbocycles. The summed E-state index contributed by atoms with van der Waals surface area (Å²) in [7, 11) is 1.62. The van der Waals surface area contributed by atoms with E-state index >= 15 is 0 Å². The van der Waals surface area contributed by atoms with Crippen LogP contribution in [0.15, 0.2) is 85.4 Å². The van der Waals surface area contributed by atoms with Gasteiger partial charge < -0.3 is 10.1 Å². The molecular formula is C22H21N3OS. The molecule has 27 heavy (non-hydrogen) atoms. The zero-order chi connectivity index (χ0) is 19.1. The Hall–Kier alpha value is -3.31. The monoisotopic (exact) mass is 375 g/mol. The van der Waals surface area contributed by atoms with Gasteiger partial charge in [0.1, 0.15) is 5.75 Å². The second kappa shape index (κ2) is 8.87. The van der Waals surface area contributed by atoms with Crippen LogP contribution < -0.4 is 20.9 Å². The Labute approximate surface area is 164 Å². The van der Waals surface area contributed by atoms with Crippen LogP contribution in [0.25, 0.3) is 16.8 Å². The van der Waals surface area contributed by atoms with Gasteiger partial charge in [0.05, 0.1) is 18.5 Å². The first kappa shape index (κ1) is 18.5. The molecular weight excluding hydrogens is 354 g/mol. The minimum Gasteiger partial charge on any atom is -0.495 e. The minimum atomic E-state index is 0.418. The summed E-state index contributed by atoms with van der Waals surface area (Å²) in [5, 5.41) is 3.51. The predicted octanol–water partition coefficient (Wildman–Crippen LogP) is 4.82. The molecule has 0 fully saturated rings. The molecule has 5 heteroatoms. The van der Waals surface area contributed by atoms with E-state index in [9.17, 15) is 0 Å². The molecule has 0 aromatic heterocycles. The molecule has 3 aromatic rings. The van der Waals surface area contributed by atoms with Gasteiger partial charge in [0.15, 0.2) is 5.11 Å². The van der Waals surface area contributed by atoms with E-state index in [0.717, 1.165) is 28.3 Å². The van der Waals surface area contributed by atoms with Gasteiger partial charge in [-0.3, -0.25) is 10.9 Å². The van der Waals surface area contributed by atoms with Crippen LogP contribution in [0.3, 0.4) is 0 Å². The zero-order valence-corrected chi connectivity index (χ0v) is 15.8. The number of hydrazine groups is 1. The molecule has 0 saturated heterocycles.